The average Bonchev–Trinajstić information content (AvgIpc) is 2.50. The average molecular weight is 241 g/mol. The zero-order valence-electron chi connectivity index (χ0n) is 11.3. The van der Waals surface area contributed by atoms with E-state index < -0.39 is 0 Å². The van der Waals surface area contributed by atoms with Crippen LogP contribution in [0.25, 0.3) is 0 Å². The predicted octanol–water partition coefficient (Wildman–Crippen LogP) is 2.18. The van der Waals surface area contributed by atoms with Crippen LogP contribution in [-0.2, 0) is 4.74 Å². The van der Waals surface area contributed by atoms with E-state index in [1.54, 1.807) is 0 Å². The van der Waals surface area contributed by atoms with Crippen molar-refractivity contribution in [1.29, 1.82) is 0 Å². The summed E-state index contributed by atoms with van der Waals surface area (Å²) >= 11 is 0. The number of nitrogens with zero attached hydrogens (tertiary/aromatic N) is 1. The summed E-state index contributed by atoms with van der Waals surface area (Å²) in [5.74, 6) is 0. The van der Waals surface area contributed by atoms with Crippen LogP contribution in [0.3, 0.4) is 0 Å². The fourth-order valence-corrected chi connectivity index (χ4v) is 3.15. The summed E-state index contributed by atoms with van der Waals surface area (Å²) in [5, 5.41) is 9.48. The van der Waals surface area contributed by atoms with Gasteiger partial charge in [-0.2, -0.15) is 0 Å². The lowest BCUT2D eigenvalue weighted by molar-refractivity contribution is -0.0364. The van der Waals surface area contributed by atoms with Gasteiger partial charge in [0.1, 0.15) is 0 Å². The van der Waals surface area contributed by atoms with E-state index in [4.69, 9.17) is 4.74 Å². The van der Waals surface area contributed by atoms with E-state index in [-0.39, 0.29) is 5.60 Å². The standard InChI is InChI=1S/C14H27NO2/c1-14(2)8-7-13(17-14)10-15-9-5-3-4-6-12(15)11-16/h12-13,16H,3-11H2,1-2H3. The van der Waals surface area contributed by atoms with Crippen molar-refractivity contribution in [3.63, 3.8) is 0 Å². The molecule has 17 heavy (non-hydrogen) atoms. The lowest BCUT2D eigenvalue weighted by Gasteiger charge is -2.31. The highest BCUT2D eigenvalue weighted by Crippen LogP contribution is 2.30. The number of rotatable bonds is 3. The summed E-state index contributed by atoms with van der Waals surface area (Å²) in [5.41, 5.74) is 0.0607. The quantitative estimate of drug-likeness (QED) is 0.822. The Morgan fingerprint density at radius 1 is 1.24 bits per heavy atom. The highest BCUT2D eigenvalue weighted by Gasteiger charge is 2.33. The number of hydrogen-bond acceptors (Lipinski definition) is 3. The molecule has 3 heteroatoms. The molecule has 1 N–H and O–H groups in total. The van der Waals surface area contributed by atoms with Gasteiger partial charge in [0.2, 0.25) is 0 Å². The van der Waals surface area contributed by atoms with E-state index in [2.05, 4.69) is 18.7 Å². The van der Waals surface area contributed by atoms with Crippen LogP contribution >= 0.6 is 0 Å². The van der Waals surface area contributed by atoms with Gasteiger partial charge in [-0.25, -0.2) is 0 Å². The molecule has 0 saturated carbocycles. The van der Waals surface area contributed by atoms with E-state index >= 15 is 0 Å². The van der Waals surface area contributed by atoms with Crippen molar-refractivity contribution in [3.8, 4) is 0 Å². The van der Waals surface area contributed by atoms with Crippen molar-refractivity contribution in [2.75, 3.05) is 19.7 Å². The maximum absolute atomic E-state index is 9.48. The minimum Gasteiger partial charge on any atom is -0.395 e. The summed E-state index contributed by atoms with van der Waals surface area (Å²) < 4.78 is 6.06. The van der Waals surface area contributed by atoms with Crippen molar-refractivity contribution in [3.05, 3.63) is 0 Å². The Bertz CT molecular complexity index is 242. The largest absolute Gasteiger partial charge is 0.395 e. The predicted molar refractivity (Wildman–Crippen MR) is 69.1 cm³/mol. The van der Waals surface area contributed by atoms with Crippen LogP contribution in [0.4, 0.5) is 0 Å². The SMILES string of the molecule is CC1(C)CCC(CN2CCCCCC2CO)O1. The van der Waals surface area contributed by atoms with Gasteiger partial charge >= 0.3 is 0 Å². The van der Waals surface area contributed by atoms with Crippen molar-refractivity contribution in [1.82, 2.24) is 4.90 Å². The second kappa shape index (κ2) is 5.68. The summed E-state index contributed by atoms with van der Waals surface area (Å²) in [6.07, 6.45) is 7.69. The maximum Gasteiger partial charge on any atom is 0.0710 e. The van der Waals surface area contributed by atoms with Gasteiger partial charge < -0.3 is 9.84 Å². The van der Waals surface area contributed by atoms with E-state index in [0.717, 1.165) is 25.9 Å². The number of hydrogen-bond donors (Lipinski definition) is 1. The fraction of sp³-hybridized carbons (Fsp3) is 1.00. The number of aliphatic hydroxyl groups excluding tert-OH is 1. The van der Waals surface area contributed by atoms with Crippen molar-refractivity contribution < 1.29 is 9.84 Å². The zero-order valence-corrected chi connectivity index (χ0v) is 11.3. The topological polar surface area (TPSA) is 32.7 Å². The Hall–Kier alpha value is -0.120. The first kappa shape index (κ1) is 13.3. The Balaban J connectivity index is 1.87. The molecule has 0 aromatic heterocycles. The van der Waals surface area contributed by atoms with Gasteiger partial charge in [0, 0.05) is 12.6 Å². The van der Waals surface area contributed by atoms with Gasteiger partial charge in [-0.1, -0.05) is 12.8 Å². The third-order valence-electron chi connectivity index (χ3n) is 4.20. The molecule has 2 unspecified atom stereocenters. The Morgan fingerprint density at radius 3 is 2.71 bits per heavy atom. The van der Waals surface area contributed by atoms with Crippen LogP contribution in [0, 0.1) is 0 Å². The molecular weight excluding hydrogens is 214 g/mol. The minimum absolute atomic E-state index is 0.0607. The molecule has 2 heterocycles. The molecule has 2 atom stereocenters. The summed E-state index contributed by atoms with van der Waals surface area (Å²) in [6.45, 7) is 6.80. The molecule has 0 bridgehead atoms. The molecule has 0 radical (unpaired) electrons. The van der Waals surface area contributed by atoms with Gasteiger partial charge in [-0.3, -0.25) is 4.90 Å². The highest BCUT2D eigenvalue weighted by atomic mass is 16.5. The Kier molecular flexibility index (Phi) is 4.45. The van der Waals surface area contributed by atoms with Crippen LogP contribution in [0.15, 0.2) is 0 Å². The molecule has 0 aromatic rings. The summed E-state index contributed by atoms with van der Waals surface area (Å²) in [4.78, 5) is 2.46. The second-order valence-electron chi connectivity index (χ2n) is 6.22. The number of ether oxygens (including phenoxy) is 1. The van der Waals surface area contributed by atoms with Gasteiger partial charge in [-0.05, 0) is 46.1 Å². The molecular formula is C14H27NO2. The third-order valence-corrected chi connectivity index (χ3v) is 4.20. The summed E-state index contributed by atoms with van der Waals surface area (Å²) in [6, 6.07) is 0.366. The normalized spacial score (nSPS) is 34.8. The smallest absolute Gasteiger partial charge is 0.0710 e. The zero-order chi connectivity index (χ0) is 12.3. The molecule has 3 nitrogen and oxygen atoms in total. The van der Waals surface area contributed by atoms with Crippen molar-refractivity contribution >= 4 is 0 Å². The number of likely N-dealkylation sites (tertiary alicyclic amines) is 1. The molecule has 2 saturated heterocycles. The summed E-state index contributed by atoms with van der Waals surface area (Å²) in [7, 11) is 0. The molecule has 2 rings (SSSR count). The van der Waals surface area contributed by atoms with E-state index in [9.17, 15) is 5.11 Å². The number of aliphatic hydroxyl groups is 1. The van der Waals surface area contributed by atoms with Gasteiger partial charge in [0.25, 0.3) is 0 Å². The lowest BCUT2D eigenvalue weighted by Crippen LogP contribution is -2.42. The lowest BCUT2D eigenvalue weighted by atomic mass is 10.1. The third kappa shape index (κ3) is 3.67. The fourth-order valence-electron chi connectivity index (χ4n) is 3.15. The first-order valence-electron chi connectivity index (χ1n) is 7.13. The molecule has 0 aromatic carbocycles. The highest BCUT2D eigenvalue weighted by molar-refractivity contribution is 4.85. The van der Waals surface area contributed by atoms with Crippen molar-refractivity contribution in [2.24, 2.45) is 0 Å². The Morgan fingerprint density at radius 2 is 2.06 bits per heavy atom. The molecule has 2 aliphatic rings. The van der Waals surface area contributed by atoms with Crippen LogP contribution < -0.4 is 0 Å². The first-order chi connectivity index (χ1) is 8.11. The Labute approximate surface area is 105 Å². The van der Waals surface area contributed by atoms with Crippen molar-refractivity contribution in [2.45, 2.75) is 70.1 Å². The molecule has 0 spiro atoms. The molecule has 100 valence electrons. The van der Waals surface area contributed by atoms with Crippen LogP contribution in [0.1, 0.15) is 52.4 Å². The molecule has 0 amide bonds. The second-order valence-corrected chi connectivity index (χ2v) is 6.22. The van der Waals surface area contributed by atoms with Gasteiger partial charge in [-0.15, -0.1) is 0 Å². The first-order valence-corrected chi connectivity index (χ1v) is 7.13. The van der Waals surface area contributed by atoms with E-state index in [1.165, 1.54) is 25.7 Å². The minimum atomic E-state index is 0.0607. The monoisotopic (exact) mass is 241 g/mol. The van der Waals surface area contributed by atoms with Gasteiger partial charge in [0.05, 0.1) is 18.3 Å². The van der Waals surface area contributed by atoms with E-state index in [1.807, 2.05) is 0 Å². The molecule has 0 aliphatic carbocycles. The van der Waals surface area contributed by atoms with Crippen LogP contribution in [0.2, 0.25) is 0 Å². The van der Waals surface area contributed by atoms with E-state index in [0.29, 0.717) is 18.8 Å². The maximum atomic E-state index is 9.48. The molecule has 2 aliphatic heterocycles. The van der Waals surface area contributed by atoms with Crippen LogP contribution in [-0.4, -0.2) is 47.4 Å². The van der Waals surface area contributed by atoms with Crippen LogP contribution in [0.5, 0.6) is 0 Å². The molecule has 2 fully saturated rings. The van der Waals surface area contributed by atoms with Gasteiger partial charge in [0.15, 0.2) is 0 Å².